The molecule has 1 heterocycles. The Morgan fingerprint density at radius 1 is 1.03 bits per heavy atom. The summed E-state index contributed by atoms with van der Waals surface area (Å²) < 4.78 is 10.9. The van der Waals surface area contributed by atoms with Crippen LogP contribution in [0, 0.1) is 3.57 Å². The number of esters is 1. The molecule has 0 fully saturated rings. The van der Waals surface area contributed by atoms with E-state index in [0.717, 1.165) is 3.57 Å². The lowest BCUT2D eigenvalue weighted by atomic mass is 10.2. The van der Waals surface area contributed by atoms with Crippen molar-refractivity contribution in [2.45, 2.75) is 0 Å². The van der Waals surface area contributed by atoms with Gasteiger partial charge in [0, 0.05) is 3.57 Å². The molecule has 8 nitrogen and oxygen atoms in total. The Kier molecular flexibility index (Phi) is 7.33. The Bertz CT molecular complexity index is 1060. The average Bonchev–Trinajstić information content (AvgIpc) is 3.29. The molecule has 0 aliphatic heterocycles. The van der Waals surface area contributed by atoms with Crippen molar-refractivity contribution >= 4 is 46.6 Å². The number of hydrogen-bond donors (Lipinski definition) is 2. The van der Waals surface area contributed by atoms with Gasteiger partial charge in [-0.1, -0.05) is 12.1 Å². The molecule has 2 N–H and O–H groups in total. The van der Waals surface area contributed by atoms with Crippen LogP contribution in [0.5, 0.6) is 5.75 Å². The third kappa shape index (κ3) is 6.01. The maximum atomic E-state index is 12.1. The van der Waals surface area contributed by atoms with Crippen LogP contribution in [0.4, 0.5) is 0 Å². The first kappa shape index (κ1) is 21.2. The van der Waals surface area contributed by atoms with E-state index >= 15 is 0 Å². The summed E-state index contributed by atoms with van der Waals surface area (Å²) in [5, 5.41) is 6.38. The van der Waals surface area contributed by atoms with Crippen molar-refractivity contribution in [3.63, 3.8) is 0 Å². The quantitative estimate of drug-likeness (QED) is 0.165. The standard InChI is InChI=1S/C21H16IN3O5/c22-17-5-2-1-4-16(17)20(27)23-13-19(26)25-24-12-14-7-9-15(10-8-14)30-21(28)18-6-3-11-29-18/h1-12H,13H2,(H,23,27)(H,25,26)/b24-12+. The van der Waals surface area contributed by atoms with Gasteiger partial charge >= 0.3 is 5.97 Å². The first-order valence-electron chi connectivity index (χ1n) is 8.73. The number of nitrogens with zero attached hydrogens (tertiary/aromatic N) is 1. The Morgan fingerprint density at radius 3 is 2.50 bits per heavy atom. The van der Waals surface area contributed by atoms with Crippen LogP contribution in [0.3, 0.4) is 0 Å². The van der Waals surface area contributed by atoms with Crippen molar-refractivity contribution < 1.29 is 23.5 Å². The van der Waals surface area contributed by atoms with Gasteiger partial charge in [-0.05, 0) is 76.7 Å². The van der Waals surface area contributed by atoms with Gasteiger partial charge in [0.25, 0.3) is 11.8 Å². The lowest BCUT2D eigenvalue weighted by Crippen LogP contribution is -2.35. The molecule has 0 bridgehead atoms. The van der Waals surface area contributed by atoms with Gasteiger partial charge in [0.1, 0.15) is 5.75 Å². The summed E-state index contributed by atoms with van der Waals surface area (Å²) in [5.74, 6) is -0.942. The van der Waals surface area contributed by atoms with Crippen molar-refractivity contribution in [2.75, 3.05) is 6.54 Å². The summed E-state index contributed by atoms with van der Waals surface area (Å²) in [5.41, 5.74) is 3.51. The van der Waals surface area contributed by atoms with E-state index in [1.165, 1.54) is 18.5 Å². The topological polar surface area (TPSA) is 110 Å². The van der Waals surface area contributed by atoms with Gasteiger partial charge in [-0.2, -0.15) is 5.10 Å². The highest BCUT2D eigenvalue weighted by Gasteiger charge is 2.11. The molecule has 0 atom stereocenters. The van der Waals surface area contributed by atoms with Crippen LogP contribution in [-0.2, 0) is 4.79 Å². The summed E-state index contributed by atoms with van der Waals surface area (Å²) in [6.07, 6.45) is 2.82. The average molecular weight is 517 g/mol. The number of ether oxygens (including phenoxy) is 1. The van der Waals surface area contributed by atoms with E-state index in [1.54, 1.807) is 42.5 Å². The van der Waals surface area contributed by atoms with Crippen LogP contribution in [0.1, 0.15) is 26.5 Å². The Hall–Kier alpha value is -3.47. The Morgan fingerprint density at radius 2 is 1.80 bits per heavy atom. The number of carbonyl (C=O) groups excluding carboxylic acids is 3. The molecule has 152 valence electrons. The number of benzene rings is 2. The molecule has 0 aliphatic rings. The predicted molar refractivity (Wildman–Crippen MR) is 117 cm³/mol. The van der Waals surface area contributed by atoms with Gasteiger partial charge in [-0.15, -0.1) is 0 Å². The van der Waals surface area contributed by atoms with E-state index in [9.17, 15) is 14.4 Å². The second-order valence-electron chi connectivity index (χ2n) is 5.89. The minimum Gasteiger partial charge on any atom is -0.457 e. The lowest BCUT2D eigenvalue weighted by molar-refractivity contribution is -0.120. The van der Waals surface area contributed by atoms with E-state index in [4.69, 9.17) is 9.15 Å². The molecule has 0 saturated heterocycles. The van der Waals surface area contributed by atoms with Gasteiger partial charge in [-0.25, -0.2) is 10.2 Å². The van der Waals surface area contributed by atoms with Gasteiger partial charge in [-0.3, -0.25) is 9.59 Å². The van der Waals surface area contributed by atoms with Crippen LogP contribution in [0.2, 0.25) is 0 Å². The maximum absolute atomic E-state index is 12.1. The Balaban J connectivity index is 1.44. The molecule has 9 heteroatoms. The van der Waals surface area contributed by atoms with Crippen LogP contribution >= 0.6 is 22.6 Å². The fourth-order valence-corrected chi connectivity index (χ4v) is 2.93. The van der Waals surface area contributed by atoms with Crippen LogP contribution in [-0.4, -0.2) is 30.5 Å². The molecule has 30 heavy (non-hydrogen) atoms. The number of amides is 2. The molecule has 1 aromatic heterocycles. The minimum atomic E-state index is -0.596. The fourth-order valence-electron chi connectivity index (χ4n) is 2.29. The third-order valence-electron chi connectivity index (χ3n) is 3.74. The molecule has 2 amide bonds. The Labute approximate surface area is 185 Å². The summed E-state index contributed by atoms with van der Waals surface area (Å²) in [7, 11) is 0. The van der Waals surface area contributed by atoms with E-state index in [-0.39, 0.29) is 18.2 Å². The zero-order chi connectivity index (χ0) is 21.3. The van der Waals surface area contributed by atoms with Crippen molar-refractivity contribution in [3.05, 3.63) is 87.4 Å². The normalized spacial score (nSPS) is 10.6. The first-order valence-corrected chi connectivity index (χ1v) is 9.81. The third-order valence-corrected chi connectivity index (χ3v) is 4.68. The lowest BCUT2D eigenvalue weighted by Gasteiger charge is -2.05. The molecule has 0 unspecified atom stereocenters. The number of furan rings is 1. The first-order chi connectivity index (χ1) is 14.5. The molecular formula is C21H16IN3O5. The van der Waals surface area contributed by atoms with E-state index in [2.05, 4.69) is 38.4 Å². The van der Waals surface area contributed by atoms with Gasteiger partial charge in [0.15, 0.2) is 0 Å². The van der Waals surface area contributed by atoms with Gasteiger partial charge in [0.05, 0.1) is 24.6 Å². The predicted octanol–water partition coefficient (Wildman–Crippen LogP) is 2.98. The monoisotopic (exact) mass is 517 g/mol. The molecule has 3 rings (SSSR count). The van der Waals surface area contributed by atoms with Gasteiger partial charge in [0.2, 0.25) is 5.76 Å². The zero-order valence-corrected chi connectivity index (χ0v) is 17.7. The van der Waals surface area contributed by atoms with Crippen molar-refractivity contribution in [3.8, 4) is 5.75 Å². The number of halogens is 1. The molecule has 2 aromatic carbocycles. The van der Waals surface area contributed by atoms with E-state index in [1.807, 2.05) is 12.1 Å². The zero-order valence-electron chi connectivity index (χ0n) is 15.5. The number of nitrogens with one attached hydrogen (secondary N) is 2. The van der Waals surface area contributed by atoms with Crippen LogP contribution in [0.15, 0.2) is 76.4 Å². The van der Waals surface area contributed by atoms with Crippen LogP contribution < -0.4 is 15.5 Å². The summed E-state index contributed by atoms with van der Waals surface area (Å²) in [6.45, 7) is -0.206. The molecule has 0 aliphatic carbocycles. The molecule has 0 saturated carbocycles. The molecule has 0 spiro atoms. The van der Waals surface area contributed by atoms with E-state index in [0.29, 0.717) is 16.9 Å². The highest BCUT2D eigenvalue weighted by atomic mass is 127. The van der Waals surface area contributed by atoms with E-state index < -0.39 is 11.9 Å². The summed E-state index contributed by atoms with van der Waals surface area (Å²) in [4.78, 5) is 35.7. The second kappa shape index (κ2) is 10.3. The van der Waals surface area contributed by atoms with Crippen LogP contribution in [0.25, 0.3) is 0 Å². The summed E-state index contributed by atoms with van der Waals surface area (Å²) in [6, 6.07) is 16.7. The maximum Gasteiger partial charge on any atom is 0.379 e. The molecule has 3 aromatic rings. The largest absolute Gasteiger partial charge is 0.457 e. The van der Waals surface area contributed by atoms with Crippen molar-refractivity contribution in [1.29, 1.82) is 0 Å². The minimum absolute atomic E-state index is 0.109. The van der Waals surface area contributed by atoms with Gasteiger partial charge < -0.3 is 14.5 Å². The highest BCUT2D eigenvalue weighted by molar-refractivity contribution is 14.1. The summed E-state index contributed by atoms with van der Waals surface area (Å²) >= 11 is 2.06. The molecular weight excluding hydrogens is 501 g/mol. The second-order valence-corrected chi connectivity index (χ2v) is 7.05. The smallest absolute Gasteiger partial charge is 0.379 e. The fraction of sp³-hybridized carbons (Fsp3) is 0.0476. The van der Waals surface area contributed by atoms with Crippen molar-refractivity contribution in [1.82, 2.24) is 10.7 Å². The number of hydrazone groups is 1. The number of hydrogen-bond acceptors (Lipinski definition) is 6. The highest BCUT2D eigenvalue weighted by Crippen LogP contribution is 2.14. The number of rotatable bonds is 7. The molecule has 0 radical (unpaired) electrons. The number of carbonyl (C=O) groups is 3. The SMILES string of the molecule is O=C(CNC(=O)c1ccccc1I)N/N=C/c1ccc(OC(=O)c2ccco2)cc1. The van der Waals surface area contributed by atoms with Crippen molar-refractivity contribution in [2.24, 2.45) is 5.10 Å².